The second kappa shape index (κ2) is 11.2. The minimum Gasteiger partial charge on any atom is -0.460 e. The number of ether oxygens (including phenoxy) is 2. The molecule has 1 spiro atoms. The molecular formula is C27H36N8O2S. The number of nitrogens with zero attached hydrogens (tertiary/aromatic N) is 7. The summed E-state index contributed by atoms with van der Waals surface area (Å²) in [6.07, 6.45) is 10.1. The fourth-order valence-corrected chi connectivity index (χ4v) is 6.21. The molecule has 11 heteroatoms. The molecule has 0 bridgehead atoms. The van der Waals surface area contributed by atoms with Crippen molar-refractivity contribution in [2.45, 2.75) is 52.2 Å². The third-order valence-corrected chi connectivity index (χ3v) is 8.85. The Balaban J connectivity index is 1.05. The lowest BCUT2D eigenvalue weighted by Gasteiger charge is -2.45. The van der Waals surface area contributed by atoms with E-state index >= 15 is 0 Å². The number of hydrogen-bond acceptors (Lipinski definition) is 11. The van der Waals surface area contributed by atoms with Gasteiger partial charge in [0.25, 0.3) is 0 Å². The standard InChI is InChI=1S/C27H36N8O2S/c1-3-34-8-10-35(11-9-34)16-20-13-28-24(29-14-20)33-26-30-15-23(38-26)22-12-19(2)31-25(32-22)37-21-4-6-27(7-5-21)17-36-18-27/h12-15,21H,3-11,16-18H2,1-2H3,(H,28,29,30,33). The van der Waals surface area contributed by atoms with Gasteiger partial charge >= 0.3 is 6.01 Å². The van der Waals surface area contributed by atoms with Gasteiger partial charge in [0.1, 0.15) is 6.10 Å². The quantitative estimate of drug-likeness (QED) is 0.456. The molecule has 202 valence electrons. The molecule has 10 nitrogen and oxygen atoms in total. The number of likely N-dealkylation sites (N-methyl/N-ethyl adjacent to an activating group) is 1. The maximum absolute atomic E-state index is 6.22. The van der Waals surface area contributed by atoms with Crippen LogP contribution in [0, 0.1) is 12.3 Å². The first-order chi connectivity index (χ1) is 18.6. The fraction of sp³-hybridized carbons (Fsp3) is 0.593. The zero-order valence-electron chi connectivity index (χ0n) is 22.2. The van der Waals surface area contributed by atoms with Crippen molar-refractivity contribution in [3.05, 3.63) is 35.9 Å². The van der Waals surface area contributed by atoms with E-state index in [1.54, 1.807) is 0 Å². The highest BCUT2D eigenvalue weighted by atomic mass is 32.1. The molecule has 6 rings (SSSR count). The predicted octanol–water partition coefficient (Wildman–Crippen LogP) is 3.92. The van der Waals surface area contributed by atoms with Crippen molar-refractivity contribution < 1.29 is 9.47 Å². The van der Waals surface area contributed by atoms with E-state index < -0.39 is 0 Å². The molecule has 0 radical (unpaired) electrons. The molecule has 0 aromatic carbocycles. The summed E-state index contributed by atoms with van der Waals surface area (Å²) in [6, 6.07) is 2.42. The molecule has 0 unspecified atom stereocenters. The van der Waals surface area contributed by atoms with Crippen LogP contribution in [-0.2, 0) is 11.3 Å². The van der Waals surface area contributed by atoms with Gasteiger partial charge in [-0.1, -0.05) is 18.3 Å². The van der Waals surface area contributed by atoms with Crippen LogP contribution < -0.4 is 10.1 Å². The number of anilines is 2. The van der Waals surface area contributed by atoms with Crippen LogP contribution in [0.5, 0.6) is 6.01 Å². The van der Waals surface area contributed by atoms with Crippen molar-refractivity contribution in [2.75, 3.05) is 51.3 Å². The van der Waals surface area contributed by atoms with E-state index in [0.717, 1.165) is 105 Å². The van der Waals surface area contributed by atoms with Gasteiger partial charge in [0.05, 0.1) is 23.8 Å². The van der Waals surface area contributed by atoms with Crippen molar-refractivity contribution in [2.24, 2.45) is 5.41 Å². The molecule has 3 aliphatic rings. The summed E-state index contributed by atoms with van der Waals surface area (Å²) in [5, 5.41) is 3.96. The van der Waals surface area contributed by atoms with Crippen molar-refractivity contribution in [1.29, 1.82) is 0 Å². The van der Waals surface area contributed by atoms with Gasteiger partial charge in [-0.25, -0.2) is 19.9 Å². The second-order valence-corrected chi connectivity index (χ2v) is 11.8. The average molecular weight is 537 g/mol. The third kappa shape index (κ3) is 5.96. The average Bonchev–Trinajstić information content (AvgIpc) is 3.38. The molecule has 1 aliphatic carbocycles. The van der Waals surface area contributed by atoms with Gasteiger partial charge < -0.3 is 19.7 Å². The molecule has 2 saturated heterocycles. The van der Waals surface area contributed by atoms with Crippen molar-refractivity contribution in [1.82, 2.24) is 34.7 Å². The van der Waals surface area contributed by atoms with Gasteiger partial charge in [0.2, 0.25) is 5.95 Å². The Morgan fingerprint density at radius 3 is 2.45 bits per heavy atom. The van der Waals surface area contributed by atoms with Gasteiger partial charge in [0.15, 0.2) is 5.13 Å². The van der Waals surface area contributed by atoms with E-state index in [9.17, 15) is 0 Å². The van der Waals surface area contributed by atoms with Crippen LogP contribution in [0.2, 0.25) is 0 Å². The smallest absolute Gasteiger partial charge is 0.317 e. The SMILES string of the molecule is CCN1CCN(Cc2cnc(Nc3ncc(-c4cc(C)nc(OC5CCC6(CC5)COC6)n4)s3)nc2)CC1. The van der Waals surface area contributed by atoms with Crippen LogP contribution >= 0.6 is 11.3 Å². The zero-order chi connectivity index (χ0) is 26.0. The molecule has 3 aromatic rings. The largest absolute Gasteiger partial charge is 0.460 e. The molecular weight excluding hydrogens is 500 g/mol. The lowest BCUT2D eigenvalue weighted by molar-refractivity contribution is -0.140. The van der Waals surface area contributed by atoms with Gasteiger partial charge in [-0.3, -0.25) is 4.90 Å². The number of aryl methyl sites for hydroxylation is 1. The van der Waals surface area contributed by atoms with Crippen LogP contribution in [-0.4, -0.2) is 86.8 Å². The Morgan fingerprint density at radius 2 is 1.76 bits per heavy atom. The fourth-order valence-electron chi connectivity index (χ4n) is 5.44. The lowest BCUT2D eigenvalue weighted by Crippen LogP contribution is -2.46. The minimum absolute atomic E-state index is 0.163. The van der Waals surface area contributed by atoms with E-state index in [1.807, 2.05) is 31.6 Å². The summed E-state index contributed by atoms with van der Waals surface area (Å²) in [4.78, 5) is 28.7. The first-order valence-corrected chi connectivity index (χ1v) is 14.5. The number of piperazine rings is 1. The Hall–Kier alpha value is -2.73. The van der Waals surface area contributed by atoms with Crippen LogP contribution in [0.25, 0.3) is 10.6 Å². The Labute approximate surface area is 227 Å². The minimum atomic E-state index is 0.163. The third-order valence-electron chi connectivity index (χ3n) is 7.92. The molecule has 5 heterocycles. The summed E-state index contributed by atoms with van der Waals surface area (Å²) in [6.45, 7) is 12.4. The maximum atomic E-state index is 6.22. The summed E-state index contributed by atoms with van der Waals surface area (Å²) in [5.74, 6) is 0.542. The van der Waals surface area contributed by atoms with Crippen LogP contribution in [0.4, 0.5) is 11.1 Å². The number of hydrogen-bond donors (Lipinski definition) is 1. The lowest BCUT2D eigenvalue weighted by atomic mass is 9.72. The van der Waals surface area contributed by atoms with Crippen molar-refractivity contribution in [3.63, 3.8) is 0 Å². The number of aromatic nitrogens is 5. The Kier molecular flexibility index (Phi) is 7.51. The van der Waals surface area contributed by atoms with E-state index in [0.29, 0.717) is 17.4 Å². The van der Waals surface area contributed by atoms with Crippen molar-refractivity contribution >= 4 is 22.4 Å². The molecule has 2 aliphatic heterocycles. The monoisotopic (exact) mass is 536 g/mol. The van der Waals surface area contributed by atoms with Gasteiger partial charge in [-0.15, -0.1) is 0 Å². The Morgan fingerprint density at radius 1 is 1.03 bits per heavy atom. The summed E-state index contributed by atoms with van der Waals surface area (Å²) in [7, 11) is 0. The van der Waals surface area contributed by atoms with Gasteiger partial charge in [-0.05, 0) is 45.2 Å². The summed E-state index contributed by atoms with van der Waals surface area (Å²) in [5.41, 5.74) is 3.22. The molecule has 38 heavy (non-hydrogen) atoms. The predicted molar refractivity (Wildman–Crippen MR) is 147 cm³/mol. The molecule has 3 fully saturated rings. The number of thiazole rings is 1. The molecule has 1 N–H and O–H groups in total. The van der Waals surface area contributed by atoms with Crippen LogP contribution in [0.15, 0.2) is 24.7 Å². The van der Waals surface area contributed by atoms with Gasteiger partial charge in [0, 0.05) is 68.0 Å². The first kappa shape index (κ1) is 25.5. The van der Waals surface area contributed by atoms with E-state index in [1.165, 1.54) is 11.3 Å². The molecule has 1 saturated carbocycles. The highest BCUT2D eigenvalue weighted by molar-refractivity contribution is 7.18. The number of nitrogens with one attached hydrogen (secondary N) is 1. The summed E-state index contributed by atoms with van der Waals surface area (Å²) >= 11 is 1.51. The van der Waals surface area contributed by atoms with Crippen LogP contribution in [0.1, 0.15) is 43.9 Å². The molecule has 0 amide bonds. The second-order valence-electron chi connectivity index (χ2n) is 10.8. The maximum Gasteiger partial charge on any atom is 0.317 e. The van der Waals surface area contributed by atoms with E-state index in [-0.39, 0.29) is 6.10 Å². The zero-order valence-corrected chi connectivity index (χ0v) is 23.0. The highest BCUT2D eigenvalue weighted by Crippen LogP contribution is 2.43. The van der Waals surface area contributed by atoms with E-state index in [2.05, 4.69) is 42.0 Å². The Bertz CT molecular complexity index is 1210. The first-order valence-electron chi connectivity index (χ1n) is 13.6. The molecule has 0 atom stereocenters. The van der Waals surface area contributed by atoms with Gasteiger partial charge in [-0.2, -0.15) is 4.98 Å². The number of rotatable bonds is 8. The normalized spacial score (nSPS) is 20.4. The highest BCUT2D eigenvalue weighted by Gasteiger charge is 2.42. The van der Waals surface area contributed by atoms with E-state index in [4.69, 9.17) is 14.5 Å². The summed E-state index contributed by atoms with van der Waals surface area (Å²) < 4.78 is 11.7. The van der Waals surface area contributed by atoms with Crippen LogP contribution in [0.3, 0.4) is 0 Å². The molecule has 3 aromatic heterocycles. The topological polar surface area (TPSA) is 101 Å². The van der Waals surface area contributed by atoms with Crippen molar-refractivity contribution in [3.8, 4) is 16.6 Å².